The highest BCUT2D eigenvalue weighted by atomic mass is 35.5. The molecule has 0 unspecified atom stereocenters. The molecule has 34 heavy (non-hydrogen) atoms. The molecule has 0 saturated heterocycles. The van der Waals surface area contributed by atoms with Crippen molar-refractivity contribution in [1.82, 2.24) is 19.9 Å². The summed E-state index contributed by atoms with van der Waals surface area (Å²) in [6.45, 7) is 6.47. The Balaban J connectivity index is 1.81. The molecule has 1 amide bonds. The SMILES string of the molecule is Cn1cncc1S(=O)(=O)Nc1cccc(NC(=NCC(C)(C)C)NC(=O)c2ccc(Cl)cc2)n1. The van der Waals surface area contributed by atoms with Gasteiger partial charge in [-0.05, 0) is 41.8 Å². The number of carbonyl (C=O) groups excluding carboxylic acids is 1. The Kier molecular flexibility index (Phi) is 7.57. The molecule has 12 heteroatoms. The zero-order chi connectivity index (χ0) is 24.9. The summed E-state index contributed by atoms with van der Waals surface area (Å²) in [6, 6.07) is 11.2. The maximum Gasteiger partial charge on any atom is 0.280 e. The molecule has 2 heterocycles. The Bertz CT molecular complexity index is 1300. The molecule has 0 aliphatic rings. The predicted octanol–water partition coefficient (Wildman–Crippen LogP) is 3.51. The highest BCUT2D eigenvalue weighted by Crippen LogP contribution is 2.17. The smallest absolute Gasteiger partial charge is 0.280 e. The van der Waals surface area contributed by atoms with E-state index < -0.39 is 10.0 Å². The zero-order valence-electron chi connectivity index (χ0n) is 19.2. The van der Waals surface area contributed by atoms with Gasteiger partial charge in [0.05, 0.1) is 12.5 Å². The first-order chi connectivity index (χ1) is 15.9. The summed E-state index contributed by atoms with van der Waals surface area (Å²) in [7, 11) is -2.31. The summed E-state index contributed by atoms with van der Waals surface area (Å²) in [6.07, 6.45) is 2.63. The first-order valence-electron chi connectivity index (χ1n) is 10.3. The van der Waals surface area contributed by atoms with Crippen LogP contribution in [0.3, 0.4) is 0 Å². The Morgan fingerprint density at radius 3 is 2.41 bits per heavy atom. The van der Waals surface area contributed by atoms with Gasteiger partial charge in [-0.3, -0.25) is 19.8 Å². The summed E-state index contributed by atoms with van der Waals surface area (Å²) in [5, 5.41) is 6.22. The number of aliphatic imine (C=N–C) groups is 1. The molecule has 180 valence electrons. The lowest BCUT2D eigenvalue weighted by Crippen LogP contribution is -2.37. The van der Waals surface area contributed by atoms with E-state index in [9.17, 15) is 13.2 Å². The molecule has 1 aromatic carbocycles. The van der Waals surface area contributed by atoms with Crippen molar-refractivity contribution in [2.24, 2.45) is 17.5 Å². The lowest BCUT2D eigenvalue weighted by atomic mass is 9.97. The Morgan fingerprint density at radius 1 is 1.12 bits per heavy atom. The van der Waals surface area contributed by atoms with E-state index in [4.69, 9.17) is 11.6 Å². The van der Waals surface area contributed by atoms with E-state index in [1.807, 2.05) is 20.8 Å². The van der Waals surface area contributed by atoms with Crippen LogP contribution in [0.25, 0.3) is 0 Å². The maximum atomic E-state index is 12.7. The highest BCUT2D eigenvalue weighted by molar-refractivity contribution is 7.92. The fourth-order valence-electron chi connectivity index (χ4n) is 2.68. The van der Waals surface area contributed by atoms with Gasteiger partial charge in [0.2, 0.25) is 5.96 Å². The number of sulfonamides is 1. The Labute approximate surface area is 203 Å². The normalized spacial score (nSPS) is 12.3. The molecule has 0 radical (unpaired) electrons. The van der Waals surface area contributed by atoms with Crippen LogP contribution in [-0.2, 0) is 17.1 Å². The molecule has 0 bridgehead atoms. The molecule has 2 aromatic heterocycles. The summed E-state index contributed by atoms with van der Waals surface area (Å²) in [5.74, 6) is 0.165. The van der Waals surface area contributed by atoms with Gasteiger partial charge in [-0.25, -0.2) is 9.97 Å². The third-order valence-corrected chi connectivity index (χ3v) is 6.01. The molecular formula is C22H26ClN7O3S. The van der Waals surface area contributed by atoms with Crippen molar-refractivity contribution in [3.05, 3.63) is 65.6 Å². The van der Waals surface area contributed by atoms with Crippen molar-refractivity contribution >= 4 is 45.1 Å². The van der Waals surface area contributed by atoms with Gasteiger partial charge in [0.25, 0.3) is 15.9 Å². The standard InChI is InChI=1S/C22H26ClN7O3S/c1-22(2,3)13-25-21(28-20(31)15-8-10-16(23)11-9-15)27-17-6-5-7-18(26-17)29-34(32,33)19-12-24-14-30(19)4/h5-12,14H,13H2,1-4H3,(H3,25,26,27,28,29,31). The minimum atomic E-state index is -3.88. The average Bonchev–Trinajstić information content (AvgIpc) is 3.19. The van der Waals surface area contributed by atoms with Crippen molar-refractivity contribution in [2.75, 3.05) is 16.6 Å². The molecular weight excluding hydrogens is 478 g/mol. The van der Waals surface area contributed by atoms with Crippen LogP contribution in [0.2, 0.25) is 5.02 Å². The van der Waals surface area contributed by atoms with Crippen molar-refractivity contribution in [3.63, 3.8) is 0 Å². The van der Waals surface area contributed by atoms with E-state index in [-0.39, 0.29) is 33.9 Å². The van der Waals surface area contributed by atoms with Crippen molar-refractivity contribution < 1.29 is 13.2 Å². The van der Waals surface area contributed by atoms with Gasteiger partial charge in [-0.1, -0.05) is 38.4 Å². The largest absolute Gasteiger partial charge is 0.323 e. The number of rotatable bonds is 6. The van der Waals surface area contributed by atoms with Gasteiger partial charge in [-0.15, -0.1) is 0 Å². The van der Waals surface area contributed by atoms with Crippen LogP contribution in [0.5, 0.6) is 0 Å². The monoisotopic (exact) mass is 503 g/mol. The van der Waals surface area contributed by atoms with Gasteiger partial charge < -0.3 is 9.88 Å². The van der Waals surface area contributed by atoms with Crippen molar-refractivity contribution in [1.29, 1.82) is 0 Å². The van der Waals surface area contributed by atoms with Gasteiger partial charge in [0.15, 0.2) is 5.03 Å². The van der Waals surface area contributed by atoms with Crippen LogP contribution in [-0.4, -0.2) is 41.4 Å². The molecule has 0 aliphatic carbocycles. The van der Waals surface area contributed by atoms with E-state index in [0.717, 1.165) is 0 Å². The van der Waals surface area contributed by atoms with E-state index in [1.54, 1.807) is 43.4 Å². The summed E-state index contributed by atoms with van der Waals surface area (Å²) >= 11 is 5.90. The third kappa shape index (κ3) is 7.03. The van der Waals surface area contributed by atoms with Crippen LogP contribution >= 0.6 is 11.6 Å². The summed E-state index contributed by atoms with van der Waals surface area (Å²) in [4.78, 5) is 25.3. The van der Waals surface area contributed by atoms with E-state index >= 15 is 0 Å². The second kappa shape index (κ2) is 10.2. The molecule has 10 nitrogen and oxygen atoms in total. The Hall–Kier alpha value is -3.44. The maximum absolute atomic E-state index is 12.7. The first kappa shape index (κ1) is 25.2. The van der Waals surface area contributed by atoms with Crippen molar-refractivity contribution in [2.45, 2.75) is 25.8 Å². The molecule has 0 spiro atoms. The molecule has 3 aromatic rings. The van der Waals surface area contributed by atoms with Crippen LogP contribution in [0.1, 0.15) is 31.1 Å². The number of nitrogens with one attached hydrogen (secondary N) is 3. The number of hydrogen-bond acceptors (Lipinski definition) is 6. The van der Waals surface area contributed by atoms with Gasteiger partial charge in [-0.2, -0.15) is 8.42 Å². The number of aryl methyl sites for hydroxylation is 1. The van der Waals surface area contributed by atoms with Crippen LogP contribution in [0.4, 0.5) is 11.6 Å². The number of benzene rings is 1. The number of pyridine rings is 1. The van der Waals surface area contributed by atoms with Crippen LogP contribution < -0.4 is 15.4 Å². The summed E-state index contributed by atoms with van der Waals surface area (Å²) in [5.41, 5.74) is 0.270. The fraction of sp³-hybridized carbons (Fsp3) is 0.273. The molecule has 0 saturated carbocycles. The second-order valence-corrected chi connectivity index (χ2v) is 10.7. The van der Waals surface area contributed by atoms with Crippen LogP contribution in [0, 0.1) is 5.41 Å². The minimum absolute atomic E-state index is 0.00433. The topological polar surface area (TPSA) is 130 Å². The molecule has 0 aliphatic heterocycles. The number of amides is 1. The first-order valence-corrected chi connectivity index (χ1v) is 12.1. The van der Waals surface area contributed by atoms with E-state index in [1.165, 1.54) is 23.2 Å². The van der Waals surface area contributed by atoms with Crippen molar-refractivity contribution in [3.8, 4) is 0 Å². The number of imidazole rings is 1. The number of aromatic nitrogens is 3. The van der Waals surface area contributed by atoms with Gasteiger partial charge in [0, 0.05) is 24.2 Å². The van der Waals surface area contributed by atoms with Gasteiger partial charge >= 0.3 is 0 Å². The fourth-order valence-corrected chi connectivity index (χ4v) is 3.93. The molecule has 3 rings (SSSR count). The number of carbonyl (C=O) groups is 1. The van der Waals surface area contributed by atoms with Crippen LogP contribution in [0.15, 0.2) is 65.0 Å². The Morgan fingerprint density at radius 2 is 1.79 bits per heavy atom. The van der Waals surface area contributed by atoms with E-state index in [0.29, 0.717) is 17.1 Å². The number of guanidine groups is 1. The lowest BCUT2D eigenvalue weighted by molar-refractivity contribution is 0.0976. The highest BCUT2D eigenvalue weighted by Gasteiger charge is 2.19. The molecule has 3 N–H and O–H groups in total. The molecule has 0 fully saturated rings. The van der Waals surface area contributed by atoms with Gasteiger partial charge in [0.1, 0.15) is 11.6 Å². The number of halogens is 1. The zero-order valence-corrected chi connectivity index (χ0v) is 20.8. The van der Waals surface area contributed by atoms with E-state index in [2.05, 4.69) is 30.3 Å². The lowest BCUT2D eigenvalue weighted by Gasteiger charge is -2.17. The predicted molar refractivity (Wildman–Crippen MR) is 133 cm³/mol. The third-order valence-electron chi connectivity index (χ3n) is 4.33. The average molecular weight is 504 g/mol. The second-order valence-electron chi connectivity index (χ2n) is 8.67. The minimum Gasteiger partial charge on any atom is -0.323 e. The quantitative estimate of drug-likeness (QED) is 0.348. The number of anilines is 2. The number of hydrogen-bond donors (Lipinski definition) is 3. The summed E-state index contributed by atoms with van der Waals surface area (Å²) < 4.78 is 29.1. The molecule has 0 atom stereocenters. The number of nitrogens with zero attached hydrogens (tertiary/aromatic N) is 4.